The molecule has 5 nitrogen and oxygen atoms in total. The van der Waals surface area contributed by atoms with E-state index in [1.54, 1.807) is 18.4 Å². The van der Waals surface area contributed by atoms with E-state index in [-0.39, 0.29) is 6.04 Å². The molecule has 0 aliphatic carbocycles. The second-order valence-electron chi connectivity index (χ2n) is 4.85. The summed E-state index contributed by atoms with van der Waals surface area (Å²) >= 11 is 0. The molecule has 2 atom stereocenters. The molecule has 0 fully saturated rings. The van der Waals surface area contributed by atoms with Crippen LogP contribution in [0.3, 0.4) is 0 Å². The zero-order chi connectivity index (χ0) is 13.8. The molecule has 0 spiro atoms. The van der Waals surface area contributed by atoms with Crippen molar-refractivity contribution in [1.29, 1.82) is 0 Å². The van der Waals surface area contributed by atoms with Crippen LogP contribution in [0, 0.1) is 13.8 Å². The summed E-state index contributed by atoms with van der Waals surface area (Å²) in [4.78, 5) is 0. The van der Waals surface area contributed by atoms with Crippen molar-refractivity contribution < 1.29 is 14.0 Å². The Kier molecular flexibility index (Phi) is 4.39. The van der Waals surface area contributed by atoms with Gasteiger partial charge >= 0.3 is 0 Å². The predicted molar refractivity (Wildman–Crippen MR) is 70.6 cm³/mol. The van der Waals surface area contributed by atoms with Gasteiger partial charge in [0.15, 0.2) is 0 Å². The van der Waals surface area contributed by atoms with Crippen LogP contribution in [-0.4, -0.2) is 16.3 Å². The van der Waals surface area contributed by atoms with Crippen LogP contribution in [0.15, 0.2) is 27.3 Å². The minimum absolute atomic E-state index is 0.161. The van der Waals surface area contributed by atoms with Crippen LogP contribution in [0.5, 0.6) is 0 Å². The molecule has 2 unspecified atom stereocenters. The third-order valence-electron chi connectivity index (χ3n) is 3.26. The van der Waals surface area contributed by atoms with E-state index in [4.69, 9.17) is 8.94 Å². The second-order valence-corrected chi connectivity index (χ2v) is 4.85. The van der Waals surface area contributed by atoms with Crippen LogP contribution in [-0.2, 0) is 6.54 Å². The Morgan fingerprint density at radius 3 is 2.79 bits per heavy atom. The predicted octanol–water partition coefficient (Wildman–Crippen LogP) is 2.49. The van der Waals surface area contributed by atoms with Gasteiger partial charge in [-0.25, -0.2) is 0 Å². The highest BCUT2D eigenvalue weighted by molar-refractivity contribution is 5.20. The molecule has 0 aliphatic heterocycles. The van der Waals surface area contributed by atoms with Gasteiger partial charge in [-0.05, 0) is 39.3 Å². The summed E-state index contributed by atoms with van der Waals surface area (Å²) in [6.45, 7) is 6.55. The van der Waals surface area contributed by atoms with E-state index in [1.807, 2.05) is 20.8 Å². The summed E-state index contributed by atoms with van der Waals surface area (Å²) in [7, 11) is 0. The number of aryl methyl sites for hydroxylation is 2. The number of furan rings is 1. The molecule has 19 heavy (non-hydrogen) atoms. The molecule has 104 valence electrons. The molecule has 2 heterocycles. The molecule has 2 aromatic heterocycles. The highest BCUT2D eigenvalue weighted by atomic mass is 16.5. The molecule has 0 bridgehead atoms. The van der Waals surface area contributed by atoms with E-state index in [0.717, 1.165) is 17.0 Å². The van der Waals surface area contributed by atoms with Crippen molar-refractivity contribution >= 4 is 0 Å². The maximum atomic E-state index is 9.98. The van der Waals surface area contributed by atoms with Gasteiger partial charge in [0, 0.05) is 18.2 Å². The highest BCUT2D eigenvalue weighted by Gasteiger charge is 2.16. The van der Waals surface area contributed by atoms with Gasteiger partial charge in [-0.1, -0.05) is 5.16 Å². The first-order valence-electron chi connectivity index (χ1n) is 6.44. The number of rotatable bonds is 6. The van der Waals surface area contributed by atoms with Crippen molar-refractivity contribution in [2.75, 3.05) is 0 Å². The van der Waals surface area contributed by atoms with E-state index in [1.165, 1.54) is 0 Å². The van der Waals surface area contributed by atoms with Gasteiger partial charge in [0.05, 0.1) is 12.0 Å². The van der Waals surface area contributed by atoms with Gasteiger partial charge < -0.3 is 19.4 Å². The van der Waals surface area contributed by atoms with E-state index in [0.29, 0.717) is 18.7 Å². The van der Waals surface area contributed by atoms with Crippen molar-refractivity contribution in [3.8, 4) is 0 Å². The lowest BCUT2D eigenvalue weighted by Crippen LogP contribution is -2.27. The minimum atomic E-state index is -0.581. The quantitative estimate of drug-likeness (QED) is 0.838. The molecule has 2 N–H and O–H groups in total. The number of aliphatic hydroxyl groups excluding tert-OH is 1. The number of nitrogens with one attached hydrogen (secondary N) is 1. The highest BCUT2D eigenvalue weighted by Crippen LogP contribution is 2.19. The van der Waals surface area contributed by atoms with E-state index >= 15 is 0 Å². The summed E-state index contributed by atoms with van der Waals surface area (Å²) in [6, 6.07) is 3.72. The fraction of sp³-hybridized carbons (Fsp3) is 0.500. The molecule has 0 amide bonds. The first kappa shape index (κ1) is 13.8. The van der Waals surface area contributed by atoms with Gasteiger partial charge in [0.2, 0.25) is 0 Å². The largest absolute Gasteiger partial charge is 0.467 e. The van der Waals surface area contributed by atoms with E-state index < -0.39 is 6.10 Å². The molecule has 2 rings (SSSR count). The number of hydrogen-bond acceptors (Lipinski definition) is 5. The van der Waals surface area contributed by atoms with Crippen LogP contribution in [0.4, 0.5) is 0 Å². The molecule has 0 aromatic carbocycles. The maximum Gasteiger partial charge on any atom is 0.138 e. The monoisotopic (exact) mass is 264 g/mol. The molecular formula is C14H20N2O3. The third-order valence-corrected chi connectivity index (χ3v) is 3.26. The van der Waals surface area contributed by atoms with Crippen LogP contribution in [0.2, 0.25) is 0 Å². The zero-order valence-electron chi connectivity index (χ0n) is 11.5. The summed E-state index contributed by atoms with van der Waals surface area (Å²) in [5.74, 6) is 1.44. The molecule has 0 radical (unpaired) electrons. The fourth-order valence-corrected chi connectivity index (χ4v) is 2.05. The van der Waals surface area contributed by atoms with Crippen molar-refractivity contribution in [2.45, 2.75) is 45.9 Å². The van der Waals surface area contributed by atoms with E-state index in [2.05, 4.69) is 10.5 Å². The standard InChI is InChI=1S/C14H20N2O3/c1-9(7-13(17)14-5-4-6-18-14)15-8-12-10(2)16-19-11(12)3/h4-6,9,13,15,17H,7-8H2,1-3H3. The summed E-state index contributed by atoms with van der Waals surface area (Å²) in [5.41, 5.74) is 1.99. The lowest BCUT2D eigenvalue weighted by atomic mass is 10.1. The minimum Gasteiger partial charge on any atom is -0.467 e. The van der Waals surface area contributed by atoms with Gasteiger partial charge in [0.1, 0.15) is 17.6 Å². The first-order valence-corrected chi connectivity index (χ1v) is 6.44. The second kappa shape index (κ2) is 6.04. The number of aliphatic hydroxyl groups is 1. The smallest absolute Gasteiger partial charge is 0.138 e. The molecule has 0 saturated carbocycles. The van der Waals surface area contributed by atoms with Crippen molar-refractivity contribution in [1.82, 2.24) is 10.5 Å². The first-order chi connectivity index (χ1) is 9.08. The molecule has 2 aromatic rings. The van der Waals surface area contributed by atoms with Crippen LogP contribution >= 0.6 is 0 Å². The van der Waals surface area contributed by atoms with Crippen LogP contribution < -0.4 is 5.32 Å². The Balaban J connectivity index is 1.83. The van der Waals surface area contributed by atoms with Gasteiger partial charge in [-0.3, -0.25) is 0 Å². The van der Waals surface area contributed by atoms with Gasteiger partial charge in [0.25, 0.3) is 0 Å². The fourth-order valence-electron chi connectivity index (χ4n) is 2.05. The molecule has 0 aliphatic rings. The molecular weight excluding hydrogens is 244 g/mol. The third kappa shape index (κ3) is 3.45. The maximum absolute atomic E-state index is 9.98. The summed E-state index contributed by atoms with van der Waals surface area (Å²) in [6.07, 6.45) is 1.58. The zero-order valence-corrected chi connectivity index (χ0v) is 11.5. The normalized spacial score (nSPS) is 14.5. The summed E-state index contributed by atoms with van der Waals surface area (Å²) < 4.78 is 10.3. The summed E-state index contributed by atoms with van der Waals surface area (Å²) in [5, 5.41) is 17.3. The van der Waals surface area contributed by atoms with Crippen LogP contribution in [0.25, 0.3) is 0 Å². The van der Waals surface area contributed by atoms with Crippen molar-refractivity contribution in [3.63, 3.8) is 0 Å². The SMILES string of the molecule is Cc1noc(C)c1CNC(C)CC(O)c1ccco1. The van der Waals surface area contributed by atoms with Crippen molar-refractivity contribution in [3.05, 3.63) is 41.2 Å². The average molecular weight is 264 g/mol. The van der Waals surface area contributed by atoms with Crippen molar-refractivity contribution in [2.24, 2.45) is 0 Å². The van der Waals surface area contributed by atoms with Gasteiger partial charge in [-0.15, -0.1) is 0 Å². The lowest BCUT2D eigenvalue weighted by Gasteiger charge is -2.16. The number of hydrogen-bond donors (Lipinski definition) is 2. The Morgan fingerprint density at radius 2 is 2.21 bits per heavy atom. The van der Waals surface area contributed by atoms with Crippen LogP contribution in [0.1, 0.15) is 42.2 Å². The Bertz CT molecular complexity index is 485. The molecule has 0 saturated heterocycles. The van der Waals surface area contributed by atoms with Gasteiger partial charge in [-0.2, -0.15) is 0 Å². The molecule has 5 heteroatoms. The Labute approximate surface area is 112 Å². The topological polar surface area (TPSA) is 71.4 Å². The Morgan fingerprint density at radius 1 is 1.42 bits per heavy atom. The number of aromatic nitrogens is 1. The van der Waals surface area contributed by atoms with E-state index in [9.17, 15) is 5.11 Å². The Hall–Kier alpha value is -1.59. The number of nitrogens with zero attached hydrogens (tertiary/aromatic N) is 1. The lowest BCUT2D eigenvalue weighted by molar-refractivity contribution is 0.128. The average Bonchev–Trinajstić information content (AvgIpc) is 2.98.